The van der Waals surface area contributed by atoms with Crippen molar-refractivity contribution in [3.05, 3.63) is 16.1 Å². The van der Waals surface area contributed by atoms with Crippen molar-refractivity contribution in [3.8, 4) is 0 Å². The number of nitrogens with two attached hydrogens (primary N) is 1. The van der Waals surface area contributed by atoms with E-state index >= 15 is 0 Å². The molecule has 1 fully saturated rings. The quantitative estimate of drug-likeness (QED) is 0.927. The first-order chi connectivity index (χ1) is 8.24. The monoisotopic (exact) mass is 289 g/mol. The van der Waals surface area contributed by atoms with Gasteiger partial charge < -0.3 is 5.73 Å². The van der Waals surface area contributed by atoms with Gasteiger partial charge in [0.25, 0.3) is 0 Å². The highest BCUT2D eigenvalue weighted by Gasteiger charge is 2.27. The van der Waals surface area contributed by atoms with E-state index in [4.69, 9.17) is 5.73 Å². The van der Waals surface area contributed by atoms with Gasteiger partial charge in [-0.15, -0.1) is 23.7 Å². The summed E-state index contributed by atoms with van der Waals surface area (Å²) < 4.78 is 0. The Labute approximate surface area is 120 Å². The van der Waals surface area contributed by atoms with Gasteiger partial charge in [-0.2, -0.15) is 0 Å². The lowest BCUT2D eigenvalue weighted by atomic mass is 9.91. The molecule has 18 heavy (non-hydrogen) atoms. The summed E-state index contributed by atoms with van der Waals surface area (Å²) in [6.07, 6.45) is 3.65. The van der Waals surface area contributed by atoms with Crippen LogP contribution in [0.25, 0.3) is 0 Å². The summed E-state index contributed by atoms with van der Waals surface area (Å²) in [5, 5.41) is 3.44. The zero-order valence-corrected chi connectivity index (χ0v) is 12.9. The third-order valence-electron chi connectivity index (χ3n) is 3.74. The highest BCUT2D eigenvalue weighted by atomic mass is 35.5. The normalized spacial score (nSPS) is 24.8. The van der Waals surface area contributed by atoms with Gasteiger partial charge in [-0.1, -0.05) is 13.8 Å². The average Bonchev–Trinajstić information content (AvgIpc) is 2.77. The molecule has 0 radical (unpaired) electrons. The van der Waals surface area contributed by atoms with Crippen molar-refractivity contribution < 1.29 is 0 Å². The fourth-order valence-corrected chi connectivity index (χ4v) is 3.44. The molecule has 1 aromatic heterocycles. The number of rotatable bonds is 4. The Bertz CT molecular complexity index is 356. The van der Waals surface area contributed by atoms with Crippen LogP contribution < -0.4 is 5.73 Å². The molecule has 0 bridgehead atoms. The standard InChI is InChI=1S/C13H23N3S.ClH/c1-3-13-15-11(9-17-13)8-16-6-4-5-10(2)12(16)7-14;/h9-10,12H,3-8,14H2,1-2H3;1H. The summed E-state index contributed by atoms with van der Waals surface area (Å²) in [5.41, 5.74) is 7.13. The fraction of sp³-hybridized carbons (Fsp3) is 0.769. The highest BCUT2D eigenvalue weighted by Crippen LogP contribution is 2.24. The van der Waals surface area contributed by atoms with E-state index in [0.29, 0.717) is 6.04 Å². The molecular formula is C13H24ClN3S. The molecule has 0 saturated carbocycles. The number of nitrogens with zero attached hydrogens (tertiary/aromatic N) is 2. The van der Waals surface area contributed by atoms with Crippen molar-refractivity contribution in [2.24, 2.45) is 11.7 Å². The van der Waals surface area contributed by atoms with E-state index in [1.165, 1.54) is 30.1 Å². The molecule has 0 spiro atoms. The van der Waals surface area contributed by atoms with Gasteiger partial charge in [-0.3, -0.25) is 4.90 Å². The number of thiazole rings is 1. The summed E-state index contributed by atoms with van der Waals surface area (Å²) in [6, 6.07) is 0.538. The second kappa shape index (κ2) is 7.43. The minimum Gasteiger partial charge on any atom is -0.329 e. The lowest BCUT2D eigenvalue weighted by Gasteiger charge is -2.39. The highest BCUT2D eigenvalue weighted by molar-refractivity contribution is 7.09. The van der Waals surface area contributed by atoms with Gasteiger partial charge in [-0.05, 0) is 31.7 Å². The molecule has 2 N–H and O–H groups in total. The smallest absolute Gasteiger partial charge is 0.0926 e. The Balaban J connectivity index is 0.00000162. The summed E-state index contributed by atoms with van der Waals surface area (Å²) in [6.45, 7) is 7.40. The number of aromatic nitrogens is 1. The largest absolute Gasteiger partial charge is 0.329 e. The first kappa shape index (κ1) is 15.9. The molecule has 0 aromatic carbocycles. The van der Waals surface area contributed by atoms with Crippen LogP contribution in [0.4, 0.5) is 0 Å². The van der Waals surface area contributed by atoms with Gasteiger partial charge in [0.05, 0.1) is 10.7 Å². The van der Waals surface area contributed by atoms with E-state index in [0.717, 1.165) is 25.4 Å². The molecule has 1 aromatic rings. The maximum atomic E-state index is 5.91. The molecule has 5 heteroatoms. The van der Waals surface area contributed by atoms with Crippen LogP contribution in [0.3, 0.4) is 0 Å². The predicted octanol–water partition coefficient (Wildman–Crippen LogP) is 2.69. The van der Waals surface area contributed by atoms with Crippen molar-refractivity contribution in [3.63, 3.8) is 0 Å². The minimum absolute atomic E-state index is 0. The van der Waals surface area contributed by atoms with Crippen molar-refractivity contribution >= 4 is 23.7 Å². The summed E-state index contributed by atoms with van der Waals surface area (Å²) in [4.78, 5) is 7.17. The van der Waals surface area contributed by atoms with Crippen molar-refractivity contribution in [1.82, 2.24) is 9.88 Å². The average molecular weight is 290 g/mol. The van der Waals surface area contributed by atoms with Gasteiger partial charge in [0.1, 0.15) is 0 Å². The van der Waals surface area contributed by atoms with Gasteiger partial charge in [0.2, 0.25) is 0 Å². The zero-order valence-electron chi connectivity index (χ0n) is 11.3. The van der Waals surface area contributed by atoms with Gasteiger partial charge >= 0.3 is 0 Å². The van der Waals surface area contributed by atoms with Crippen LogP contribution >= 0.6 is 23.7 Å². The second-order valence-corrected chi connectivity index (χ2v) is 5.92. The molecule has 0 aliphatic carbocycles. The molecule has 0 amide bonds. The van der Waals surface area contributed by atoms with Crippen molar-refractivity contribution in [2.45, 2.75) is 45.7 Å². The Morgan fingerprint density at radius 1 is 1.56 bits per heavy atom. The molecular weight excluding hydrogens is 266 g/mol. The van der Waals surface area contributed by atoms with E-state index in [1.807, 2.05) is 0 Å². The number of aryl methyl sites for hydroxylation is 1. The lowest BCUT2D eigenvalue weighted by Crippen LogP contribution is -2.48. The van der Waals surface area contributed by atoms with E-state index in [2.05, 4.69) is 29.1 Å². The maximum absolute atomic E-state index is 5.91. The van der Waals surface area contributed by atoms with Crippen LogP contribution in [-0.4, -0.2) is 29.0 Å². The Morgan fingerprint density at radius 3 is 2.94 bits per heavy atom. The van der Waals surface area contributed by atoms with E-state index in [9.17, 15) is 0 Å². The first-order valence-corrected chi connectivity index (χ1v) is 7.50. The zero-order chi connectivity index (χ0) is 12.3. The van der Waals surface area contributed by atoms with Crippen molar-refractivity contribution in [1.29, 1.82) is 0 Å². The van der Waals surface area contributed by atoms with Gasteiger partial charge in [0, 0.05) is 24.5 Å². The maximum Gasteiger partial charge on any atom is 0.0926 e. The molecule has 2 rings (SSSR count). The number of hydrogen-bond donors (Lipinski definition) is 1. The SMILES string of the molecule is CCc1nc(CN2CCCC(C)C2CN)cs1.Cl. The van der Waals surface area contributed by atoms with Crippen LogP contribution in [0.2, 0.25) is 0 Å². The van der Waals surface area contributed by atoms with Crippen LogP contribution in [-0.2, 0) is 13.0 Å². The number of halogens is 1. The second-order valence-electron chi connectivity index (χ2n) is 4.98. The molecule has 1 saturated heterocycles. The van der Waals surface area contributed by atoms with E-state index in [1.54, 1.807) is 11.3 Å². The molecule has 2 atom stereocenters. The van der Waals surface area contributed by atoms with Gasteiger partial charge in [-0.25, -0.2) is 4.98 Å². The number of hydrogen-bond acceptors (Lipinski definition) is 4. The Morgan fingerprint density at radius 2 is 2.33 bits per heavy atom. The topological polar surface area (TPSA) is 42.2 Å². The minimum atomic E-state index is 0. The number of piperidine rings is 1. The molecule has 3 nitrogen and oxygen atoms in total. The third-order valence-corrected chi connectivity index (χ3v) is 4.78. The van der Waals surface area contributed by atoms with Crippen LogP contribution in [0.5, 0.6) is 0 Å². The van der Waals surface area contributed by atoms with Crippen LogP contribution in [0.15, 0.2) is 5.38 Å². The van der Waals surface area contributed by atoms with Crippen LogP contribution in [0.1, 0.15) is 37.4 Å². The van der Waals surface area contributed by atoms with E-state index in [-0.39, 0.29) is 12.4 Å². The lowest BCUT2D eigenvalue weighted by molar-refractivity contribution is 0.0979. The molecule has 2 heterocycles. The predicted molar refractivity (Wildman–Crippen MR) is 80.4 cm³/mol. The molecule has 1 aliphatic heterocycles. The first-order valence-electron chi connectivity index (χ1n) is 6.62. The Kier molecular flexibility index (Phi) is 6.57. The number of likely N-dealkylation sites (tertiary alicyclic amines) is 1. The van der Waals surface area contributed by atoms with Gasteiger partial charge in [0.15, 0.2) is 0 Å². The van der Waals surface area contributed by atoms with Crippen LogP contribution in [0, 0.1) is 5.92 Å². The summed E-state index contributed by atoms with van der Waals surface area (Å²) in [7, 11) is 0. The summed E-state index contributed by atoms with van der Waals surface area (Å²) >= 11 is 1.78. The molecule has 104 valence electrons. The molecule has 2 unspecified atom stereocenters. The molecule has 1 aliphatic rings. The van der Waals surface area contributed by atoms with E-state index < -0.39 is 0 Å². The fourth-order valence-electron chi connectivity index (χ4n) is 2.70. The van der Waals surface area contributed by atoms with Crippen molar-refractivity contribution in [2.75, 3.05) is 13.1 Å². The summed E-state index contributed by atoms with van der Waals surface area (Å²) in [5.74, 6) is 0.720. The Hall–Kier alpha value is -0.160. The third kappa shape index (κ3) is 3.67.